The summed E-state index contributed by atoms with van der Waals surface area (Å²) in [6.45, 7) is 2.40. The molecule has 5 heteroatoms. The highest BCUT2D eigenvalue weighted by Crippen LogP contribution is 2.24. The Bertz CT molecular complexity index is 483. The van der Waals surface area contributed by atoms with E-state index in [1.54, 1.807) is 12.1 Å². The smallest absolute Gasteiger partial charge is 0.127 e. The van der Waals surface area contributed by atoms with Gasteiger partial charge in [-0.3, -0.25) is 4.21 Å². The molecule has 2 rings (SSSR count). The molecule has 0 heterocycles. The van der Waals surface area contributed by atoms with E-state index in [0.717, 1.165) is 25.7 Å². The standard InChI is InChI=1S/C15H21ClFNOS/c1-2-20(19)15-6-4-3-5-14(15)18-10-11-9-12(16)7-8-13(11)17/h7-9,14-15,18H,2-6,10H2,1H3/t14-,15+,20+/m0/s1. The summed E-state index contributed by atoms with van der Waals surface area (Å²) in [5.41, 5.74) is 0.573. The maximum absolute atomic E-state index is 13.7. The van der Waals surface area contributed by atoms with Crippen LogP contribution in [0.3, 0.4) is 0 Å². The van der Waals surface area contributed by atoms with E-state index < -0.39 is 10.8 Å². The van der Waals surface area contributed by atoms with Gasteiger partial charge in [-0.25, -0.2) is 4.39 Å². The molecule has 0 aliphatic heterocycles. The number of benzene rings is 1. The summed E-state index contributed by atoms with van der Waals surface area (Å²) in [6, 6.07) is 4.80. The van der Waals surface area contributed by atoms with Gasteiger partial charge in [-0.1, -0.05) is 31.4 Å². The van der Waals surface area contributed by atoms with E-state index in [4.69, 9.17) is 11.6 Å². The maximum atomic E-state index is 13.7. The van der Waals surface area contributed by atoms with Crippen molar-refractivity contribution in [3.63, 3.8) is 0 Å². The second-order valence-electron chi connectivity index (χ2n) is 5.22. The first kappa shape index (κ1) is 15.9. The van der Waals surface area contributed by atoms with Gasteiger partial charge in [0.05, 0.1) is 5.25 Å². The average molecular weight is 318 g/mol. The molecular formula is C15H21ClFNOS. The van der Waals surface area contributed by atoms with E-state index in [-0.39, 0.29) is 17.1 Å². The molecular weight excluding hydrogens is 297 g/mol. The van der Waals surface area contributed by atoms with E-state index in [9.17, 15) is 8.60 Å². The first-order valence-corrected chi connectivity index (χ1v) is 8.92. The lowest BCUT2D eigenvalue weighted by Crippen LogP contribution is -2.44. The number of hydrogen-bond donors (Lipinski definition) is 1. The molecule has 0 amide bonds. The average Bonchev–Trinajstić information content (AvgIpc) is 2.47. The van der Waals surface area contributed by atoms with E-state index in [0.29, 0.717) is 22.9 Å². The van der Waals surface area contributed by atoms with Gasteiger partial charge in [0.2, 0.25) is 0 Å². The van der Waals surface area contributed by atoms with Crippen LogP contribution in [-0.2, 0) is 17.3 Å². The minimum atomic E-state index is -0.793. The van der Waals surface area contributed by atoms with Crippen LogP contribution in [0.15, 0.2) is 18.2 Å². The molecule has 1 aromatic carbocycles. The normalized spacial score (nSPS) is 24.6. The molecule has 1 aliphatic rings. The maximum Gasteiger partial charge on any atom is 0.127 e. The van der Waals surface area contributed by atoms with Gasteiger partial charge < -0.3 is 5.32 Å². The van der Waals surface area contributed by atoms with Crippen molar-refractivity contribution in [2.24, 2.45) is 0 Å². The van der Waals surface area contributed by atoms with Crippen molar-refractivity contribution >= 4 is 22.4 Å². The number of nitrogens with one attached hydrogen (secondary N) is 1. The molecule has 20 heavy (non-hydrogen) atoms. The van der Waals surface area contributed by atoms with Crippen LogP contribution in [0.1, 0.15) is 38.2 Å². The zero-order valence-corrected chi connectivity index (χ0v) is 13.3. The Morgan fingerprint density at radius 2 is 2.15 bits per heavy atom. The van der Waals surface area contributed by atoms with Crippen LogP contribution >= 0.6 is 11.6 Å². The van der Waals surface area contributed by atoms with Crippen LogP contribution in [-0.4, -0.2) is 21.3 Å². The zero-order chi connectivity index (χ0) is 14.5. The van der Waals surface area contributed by atoms with Gasteiger partial charge >= 0.3 is 0 Å². The lowest BCUT2D eigenvalue weighted by molar-refractivity contribution is 0.375. The van der Waals surface area contributed by atoms with Gasteiger partial charge in [0.15, 0.2) is 0 Å². The number of halogens is 2. The predicted molar refractivity (Wildman–Crippen MR) is 83.0 cm³/mol. The van der Waals surface area contributed by atoms with Crippen LogP contribution in [0.5, 0.6) is 0 Å². The van der Waals surface area contributed by atoms with Gasteiger partial charge in [-0.15, -0.1) is 0 Å². The van der Waals surface area contributed by atoms with Gasteiger partial charge in [0.25, 0.3) is 0 Å². The first-order chi connectivity index (χ1) is 9.61. The minimum absolute atomic E-state index is 0.191. The van der Waals surface area contributed by atoms with Crippen molar-refractivity contribution in [1.29, 1.82) is 0 Å². The Kier molecular flexibility index (Phi) is 6.00. The van der Waals surface area contributed by atoms with Gasteiger partial charge in [0, 0.05) is 39.7 Å². The summed E-state index contributed by atoms with van der Waals surface area (Å²) in [7, 11) is -0.793. The fourth-order valence-electron chi connectivity index (χ4n) is 2.78. The van der Waals surface area contributed by atoms with E-state index in [1.165, 1.54) is 6.07 Å². The minimum Gasteiger partial charge on any atom is -0.309 e. The van der Waals surface area contributed by atoms with Crippen molar-refractivity contribution in [2.75, 3.05) is 5.75 Å². The van der Waals surface area contributed by atoms with Crippen LogP contribution in [0.2, 0.25) is 5.02 Å². The third-order valence-electron chi connectivity index (χ3n) is 3.89. The topological polar surface area (TPSA) is 29.1 Å². The molecule has 1 saturated carbocycles. The summed E-state index contributed by atoms with van der Waals surface area (Å²) in [5, 5.41) is 4.11. The Balaban J connectivity index is 2.00. The number of rotatable bonds is 5. The van der Waals surface area contributed by atoms with Crippen LogP contribution < -0.4 is 5.32 Å². The van der Waals surface area contributed by atoms with Crippen molar-refractivity contribution in [3.8, 4) is 0 Å². The van der Waals surface area contributed by atoms with Crippen molar-refractivity contribution in [2.45, 2.75) is 50.4 Å². The zero-order valence-electron chi connectivity index (χ0n) is 11.7. The largest absolute Gasteiger partial charge is 0.309 e. The van der Waals surface area contributed by atoms with E-state index in [2.05, 4.69) is 5.32 Å². The van der Waals surface area contributed by atoms with Gasteiger partial charge in [-0.2, -0.15) is 0 Å². The van der Waals surface area contributed by atoms with E-state index >= 15 is 0 Å². The molecule has 2 nitrogen and oxygen atoms in total. The fraction of sp³-hybridized carbons (Fsp3) is 0.600. The molecule has 112 valence electrons. The Morgan fingerprint density at radius 3 is 2.90 bits per heavy atom. The quantitative estimate of drug-likeness (QED) is 0.898. The lowest BCUT2D eigenvalue weighted by Gasteiger charge is -2.31. The second-order valence-corrected chi connectivity index (χ2v) is 7.60. The predicted octanol–water partition coefficient (Wildman–Crippen LogP) is 3.65. The molecule has 3 atom stereocenters. The highest BCUT2D eigenvalue weighted by molar-refractivity contribution is 7.85. The second kappa shape index (κ2) is 7.53. The van der Waals surface area contributed by atoms with Crippen molar-refractivity contribution in [1.82, 2.24) is 5.32 Å². The summed E-state index contributed by atoms with van der Waals surface area (Å²) >= 11 is 5.90. The molecule has 0 radical (unpaired) electrons. The number of hydrogen-bond acceptors (Lipinski definition) is 2. The Labute approximate surface area is 127 Å². The SMILES string of the molecule is CC[S@@](=O)[C@@H]1CCCC[C@@H]1NCc1cc(Cl)ccc1F. The van der Waals surface area contributed by atoms with E-state index in [1.807, 2.05) is 6.92 Å². The third kappa shape index (κ3) is 4.03. The van der Waals surface area contributed by atoms with Crippen LogP contribution in [0, 0.1) is 5.82 Å². The van der Waals surface area contributed by atoms with Crippen molar-refractivity contribution in [3.05, 3.63) is 34.6 Å². The molecule has 1 aliphatic carbocycles. The summed E-state index contributed by atoms with van der Waals surface area (Å²) < 4.78 is 25.8. The molecule has 0 aromatic heterocycles. The molecule has 1 N–H and O–H groups in total. The van der Waals surface area contributed by atoms with Crippen molar-refractivity contribution < 1.29 is 8.60 Å². The summed E-state index contributed by atoms with van der Waals surface area (Å²) in [6.07, 6.45) is 4.29. The Morgan fingerprint density at radius 1 is 1.40 bits per heavy atom. The first-order valence-electron chi connectivity index (χ1n) is 7.16. The molecule has 1 fully saturated rings. The van der Waals surface area contributed by atoms with Gasteiger partial charge in [-0.05, 0) is 31.0 Å². The molecule has 1 aromatic rings. The molecule has 0 bridgehead atoms. The lowest BCUT2D eigenvalue weighted by atomic mass is 9.94. The van der Waals surface area contributed by atoms with Crippen LogP contribution in [0.4, 0.5) is 4.39 Å². The fourth-order valence-corrected chi connectivity index (χ4v) is 4.43. The summed E-state index contributed by atoms with van der Waals surface area (Å²) in [5.74, 6) is 0.444. The molecule has 0 unspecified atom stereocenters. The van der Waals surface area contributed by atoms with Gasteiger partial charge in [0.1, 0.15) is 5.82 Å². The Hall–Kier alpha value is -0.450. The third-order valence-corrected chi connectivity index (χ3v) is 5.93. The highest BCUT2D eigenvalue weighted by atomic mass is 35.5. The summed E-state index contributed by atoms with van der Waals surface area (Å²) in [4.78, 5) is 0. The van der Waals surface area contributed by atoms with Crippen LogP contribution in [0.25, 0.3) is 0 Å². The monoisotopic (exact) mass is 317 g/mol. The molecule has 0 saturated heterocycles. The highest BCUT2D eigenvalue weighted by Gasteiger charge is 2.28. The molecule has 0 spiro atoms.